The molecule has 4 nitrogen and oxygen atoms in total. The Bertz CT molecular complexity index is 498. The number of hydrogen-bond donors (Lipinski definition) is 1. The first-order valence-corrected chi connectivity index (χ1v) is 7.24. The van der Waals surface area contributed by atoms with E-state index in [0.717, 1.165) is 5.56 Å². The number of amides is 1. The summed E-state index contributed by atoms with van der Waals surface area (Å²) in [5.41, 5.74) is -0.00296. The van der Waals surface area contributed by atoms with E-state index in [-0.39, 0.29) is 24.3 Å². The molecule has 21 heavy (non-hydrogen) atoms. The Labute approximate surface area is 126 Å². The minimum Gasteiger partial charge on any atom is -0.481 e. The average molecular weight is 291 g/mol. The zero-order chi connectivity index (χ0) is 16.2. The number of carbonyl (C=O) groups excluding carboxylic acids is 1. The highest BCUT2D eigenvalue weighted by Gasteiger charge is 2.40. The van der Waals surface area contributed by atoms with Crippen LogP contribution in [0.25, 0.3) is 0 Å². The lowest BCUT2D eigenvalue weighted by Crippen LogP contribution is -2.40. The van der Waals surface area contributed by atoms with E-state index in [4.69, 9.17) is 0 Å². The Kier molecular flexibility index (Phi) is 5.53. The van der Waals surface area contributed by atoms with Crippen molar-refractivity contribution in [3.05, 3.63) is 35.9 Å². The number of nitrogens with zero attached hydrogens (tertiary/aromatic N) is 1. The maximum Gasteiger partial charge on any atom is 0.310 e. The second-order valence-electron chi connectivity index (χ2n) is 6.15. The van der Waals surface area contributed by atoms with Gasteiger partial charge in [0.05, 0.1) is 11.5 Å². The maximum atomic E-state index is 12.4. The normalized spacial score (nSPS) is 15.3. The summed E-state index contributed by atoms with van der Waals surface area (Å²) in [4.78, 5) is 25.6. The van der Waals surface area contributed by atoms with Crippen LogP contribution in [-0.4, -0.2) is 28.9 Å². The molecule has 0 aliphatic carbocycles. The van der Waals surface area contributed by atoms with Crippen molar-refractivity contribution >= 4 is 11.9 Å². The third-order valence-corrected chi connectivity index (χ3v) is 4.54. The van der Waals surface area contributed by atoms with Gasteiger partial charge in [0.2, 0.25) is 5.91 Å². The minimum absolute atomic E-state index is 0.00761. The summed E-state index contributed by atoms with van der Waals surface area (Å²) >= 11 is 0. The van der Waals surface area contributed by atoms with Crippen molar-refractivity contribution in [3.8, 4) is 0 Å². The number of carbonyl (C=O) groups is 2. The van der Waals surface area contributed by atoms with Gasteiger partial charge >= 0.3 is 5.97 Å². The summed E-state index contributed by atoms with van der Waals surface area (Å²) in [6, 6.07) is 9.64. The number of hydrogen-bond acceptors (Lipinski definition) is 2. The number of carboxylic acid groups (broad SMARTS) is 1. The van der Waals surface area contributed by atoms with Gasteiger partial charge in [0.1, 0.15) is 0 Å². The Balaban J connectivity index is 2.86. The van der Waals surface area contributed by atoms with E-state index >= 15 is 0 Å². The highest BCUT2D eigenvalue weighted by atomic mass is 16.4. The Hall–Kier alpha value is -1.84. The SMILES string of the molecule is CC(c1ccccc1)N(C)C(=O)CC(C)(C(=O)O)C(C)C. The largest absolute Gasteiger partial charge is 0.481 e. The molecule has 0 radical (unpaired) electrons. The molecule has 4 heteroatoms. The summed E-state index contributed by atoms with van der Waals surface area (Å²) in [5, 5.41) is 9.42. The van der Waals surface area contributed by atoms with E-state index in [2.05, 4.69) is 0 Å². The molecule has 1 aromatic carbocycles. The van der Waals surface area contributed by atoms with Crippen molar-refractivity contribution in [1.29, 1.82) is 0 Å². The molecule has 116 valence electrons. The van der Waals surface area contributed by atoms with E-state index in [1.807, 2.05) is 51.1 Å². The van der Waals surface area contributed by atoms with Crippen LogP contribution in [0.2, 0.25) is 0 Å². The van der Waals surface area contributed by atoms with E-state index in [1.54, 1.807) is 18.9 Å². The van der Waals surface area contributed by atoms with Gasteiger partial charge in [0.15, 0.2) is 0 Å². The van der Waals surface area contributed by atoms with E-state index < -0.39 is 11.4 Å². The summed E-state index contributed by atoms with van der Waals surface area (Å²) in [5.74, 6) is -1.18. The molecule has 0 aliphatic heterocycles. The van der Waals surface area contributed by atoms with Crippen molar-refractivity contribution in [2.24, 2.45) is 11.3 Å². The van der Waals surface area contributed by atoms with Crippen LogP contribution in [0.4, 0.5) is 0 Å². The first kappa shape index (κ1) is 17.2. The van der Waals surface area contributed by atoms with Crippen LogP contribution in [0, 0.1) is 11.3 Å². The number of rotatable bonds is 6. The smallest absolute Gasteiger partial charge is 0.310 e. The van der Waals surface area contributed by atoms with E-state index in [9.17, 15) is 14.7 Å². The Morgan fingerprint density at radius 2 is 1.71 bits per heavy atom. The number of aliphatic carboxylic acids is 1. The molecule has 0 heterocycles. The lowest BCUT2D eigenvalue weighted by atomic mass is 9.76. The van der Waals surface area contributed by atoms with Crippen molar-refractivity contribution < 1.29 is 14.7 Å². The second kappa shape index (κ2) is 6.74. The van der Waals surface area contributed by atoms with Crippen LogP contribution in [0.1, 0.15) is 45.7 Å². The van der Waals surface area contributed by atoms with Crippen molar-refractivity contribution in [1.82, 2.24) is 4.90 Å². The average Bonchev–Trinajstić information content (AvgIpc) is 2.45. The van der Waals surface area contributed by atoms with Crippen LogP contribution < -0.4 is 0 Å². The molecule has 0 saturated heterocycles. The molecule has 1 aromatic rings. The monoisotopic (exact) mass is 291 g/mol. The van der Waals surface area contributed by atoms with Gasteiger partial charge in [0, 0.05) is 13.5 Å². The van der Waals surface area contributed by atoms with Crippen LogP contribution in [-0.2, 0) is 9.59 Å². The summed E-state index contributed by atoms with van der Waals surface area (Å²) in [6.45, 7) is 7.25. The lowest BCUT2D eigenvalue weighted by Gasteiger charge is -2.32. The van der Waals surface area contributed by atoms with Gasteiger partial charge in [0.25, 0.3) is 0 Å². The van der Waals surface area contributed by atoms with Gasteiger partial charge in [-0.2, -0.15) is 0 Å². The first-order valence-electron chi connectivity index (χ1n) is 7.24. The van der Waals surface area contributed by atoms with Gasteiger partial charge in [-0.15, -0.1) is 0 Å². The van der Waals surface area contributed by atoms with Gasteiger partial charge in [-0.3, -0.25) is 9.59 Å². The summed E-state index contributed by atoms with van der Waals surface area (Å²) < 4.78 is 0. The molecule has 0 spiro atoms. The highest BCUT2D eigenvalue weighted by Crippen LogP contribution is 2.33. The molecule has 0 saturated carbocycles. The molecular formula is C17H25NO3. The third-order valence-electron chi connectivity index (χ3n) is 4.54. The molecule has 0 aliphatic rings. The molecule has 2 atom stereocenters. The van der Waals surface area contributed by atoms with Gasteiger partial charge in [-0.25, -0.2) is 0 Å². The number of carboxylic acids is 1. The fourth-order valence-corrected chi connectivity index (χ4v) is 2.14. The molecule has 1 rings (SSSR count). The van der Waals surface area contributed by atoms with Gasteiger partial charge < -0.3 is 10.0 Å². The van der Waals surface area contributed by atoms with E-state index in [0.29, 0.717) is 0 Å². The third kappa shape index (κ3) is 3.84. The maximum absolute atomic E-state index is 12.4. The molecule has 1 N–H and O–H groups in total. The standard InChI is InChI=1S/C17H25NO3/c1-12(2)17(4,16(20)21)11-15(19)18(5)13(3)14-9-7-6-8-10-14/h6-10,12-13H,11H2,1-5H3,(H,20,21). The minimum atomic E-state index is -1.04. The fraction of sp³-hybridized carbons (Fsp3) is 0.529. The zero-order valence-electron chi connectivity index (χ0n) is 13.5. The quantitative estimate of drug-likeness (QED) is 0.874. The van der Waals surface area contributed by atoms with Crippen molar-refractivity contribution in [2.75, 3.05) is 7.05 Å². The van der Waals surface area contributed by atoms with Crippen LogP contribution in [0.5, 0.6) is 0 Å². The highest BCUT2D eigenvalue weighted by molar-refractivity contribution is 5.85. The van der Waals surface area contributed by atoms with Gasteiger partial charge in [-0.05, 0) is 25.3 Å². The second-order valence-corrected chi connectivity index (χ2v) is 6.15. The number of benzene rings is 1. The summed E-state index contributed by atoms with van der Waals surface area (Å²) in [6.07, 6.45) is 0.00761. The molecule has 0 bridgehead atoms. The van der Waals surface area contributed by atoms with E-state index in [1.165, 1.54) is 0 Å². The zero-order valence-corrected chi connectivity index (χ0v) is 13.5. The Morgan fingerprint density at radius 3 is 2.14 bits per heavy atom. The van der Waals surface area contributed by atoms with Crippen molar-refractivity contribution in [2.45, 2.75) is 40.2 Å². The van der Waals surface area contributed by atoms with Gasteiger partial charge in [-0.1, -0.05) is 44.2 Å². The first-order chi connectivity index (χ1) is 9.70. The summed E-state index contributed by atoms with van der Waals surface area (Å²) in [7, 11) is 1.72. The predicted octanol–water partition coefficient (Wildman–Crippen LogP) is 3.34. The molecule has 0 fully saturated rings. The van der Waals surface area contributed by atoms with Crippen LogP contribution in [0.3, 0.4) is 0 Å². The molecule has 0 aromatic heterocycles. The topological polar surface area (TPSA) is 57.6 Å². The molecule has 2 unspecified atom stereocenters. The van der Waals surface area contributed by atoms with Crippen LogP contribution >= 0.6 is 0 Å². The molecule has 1 amide bonds. The Morgan fingerprint density at radius 1 is 1.19 bits per heavy atom. The lowest BCUT2D eigenvalue weighted by molar-refractivity contribution is -0.155. The van der Waals surface area contributed by atoms with Crippen molar-refractivity contribution in [3.63, 3.8) is 0 Å². The predicted molar refractivity (Wildman–Crippen MR) is 82.8 cm³/mol. The molecular weight excluding hydrogens is 266 g/mol. The fourth-order valence-electron chi connectivity index (χ4n) is 2.14. The van der Waals surface area contributed by atoms with Crippen LogP contribution in [0.15, 0.2) is 30.3 Å².